The van der Waals surface area contributed by atoms with Gasteiger partial charge in [0.1, 0.15) is 16.4 Å². The largest absolute Gasteiger partial charge is 0.494 e. The van der Waals surface area contributed by atoms with Crippen molar-refractivity contribution < 1.29 is 17.3 Å². The first kappa shape index (κ1) is 17.3. The van der Waals surface area contributed by atoms with E-state index in [0.29, 0.717) is 23.7 Å². The van der Waals surface area contributed by atoms with E-state index in [1.54, 1.807) is 31.2 Å². The highest BCUT2D eigenvalue weighted by Gasteiger charge is 2.21. The molecule has 4 nitrogen and oxygen atoms in total. The van der Waals surface area contributed by atoms with Gasteiger partial charge in [-0.3, -0.25) is 0 Å². The van der Waals surface area contributed by atoms with E-state index < -0.39 is 10.1 Å². The van der Waals surface area contributed by atoms with Crippen LogP contribution in [-0.4, -0.2) is 15.0 Å². The Morgan fingerprint density at radius 2 is 1.48 bits per heavy atom. The third-order valence-corrected chi connectivity index (χ3v) is 4.83. The van der Waals surface area contributed by atoms with Crippen LogP contribution < -0.4 is 8.92 Å². The van der Waals surface area contributed by atoms with Crippen molar-refractivity contribution in [3.63, 3.8) is 0 Å². The van der Waals surface area contributed by atoms with Crippen molar-refractivity contribution >= 4 is 10.1 Å². The number of ether oxygens (including phenoxy) is 1. The van der Waals surface area contributed by atoms with Gasteiger partial charge >= 0.3 is 10.1 Å². The Hall–Kier alpha value is -2.01. The van der Waals surface area contributed by atoms with Crippen LogP contribution in [-0.2, 0) is 10.1 Å². The predicted octanol–water partition coefficient (Wildman–Crippen LogP) is 4.09. The van der Waals surface area contributed by atoms with Gasteiger partial charge in [0.25, 0.3) is 0 Å². The summed E-state index contributed by atoms with van der Waals surface area (Å²) in [5.74, 6) is 1.02. The number of hydrogen-bond acceptors (Lipinski definition) is 4. The number of benzene rings is 2. The van der Waals surface area contributed by atoms with Gasteiger partial charge in [0.15, 0.2) is 0 Å². The van der Waals surface area contributed by atoms with Gasteiger partial charge < -0.3 is 8.92 Å². The van der Waals surface area contributed by atoms with Gasteiger partial charge in [0.05, 0.1) is 6.61 Å². The lowest BCUT2D eigenvalue weighted by molar-refractivity contribution is 0.337. The molecule has 0 bridgehead atoms. The second-order valence-corrected chi connectivity index (χ2v) is 7.19. The van der Waals surface area contributed by atoms with Crippen molar-refractivity contribution in [1.29, 1.82) is 0 Å². The van der Waals surface area contributed by atoms with E-state index in [1.165, 1.54) is 0 Å². The highest BCUT2D eigenvalue weighted by atomic mass is 32.2. The van der Waals surface area contributed by atoms with Crippen LogP contribution in [0.3, 0.4) is 0 Å². The Morgan fingerprint density at radius 1 is 0.870 bits per heavy atom. The molecule has 124 valence electrons. The standard InChI is InChI=1S/C18H22O4S/c1-6-21-17-10-15(5)18(11-14(17)4)23(19,20)22-16-8-12(2)7-13(3)9-16/h7-11H,6H2,1-5H3. The van der Waals surface area contributed by atoms with Crippen molar-refractivity contribution in [3.05, 3.63) is 52.6 Å². The van der Waals surface area contributed by atoms with E-state index in [-0.39, 0.29) is 4.90 Å². The first-order valence-corrected chi connectivity index (χ1v) is 8.90. The molecule has 2 aromatic carbocycles. The van der Waals surface area contributed by atoms with Crippen LogP contribution in [0, 0.1) is 27.7 Å². The van der Waals surface area contributed by atoms with Crippen LogP contribution in [0.5, 0.6) is 11.5 Å². The highest BCUT2D eigenvalue weighted by molar-refractivity contribution is 7.87. The fourth-order valence-corrected chi connectivity index (χ4v) is 3.71. The van der Waals surface area contributed by atoms with E-state index >= 15 is 0 Å². The molecule has 0 saturated carbocycles. The second-order valence-electron chi connectivity index (χ2n) is 5.68. The van der Waals surface area contributed by atoms with Gasteiger partial charge in [0, 0.05) is 0 Å². The smallest absolute Gasteiger partial charge is 0.339 e. The Labute approximate surface area is 138 Å². The monoisotopic (exact) mass is 334 g/mol. The van der Waals surface area contributed by atoms with E-state index in [2.05, 4.69) is 0 Å². The van der Waals surface area contributed by atoms with Crippen molar-refractivity contribution in [2.24, 2.45) is 0 Å². The molecule has 0 radical (unpaired) electrons. The maximum Gasteiger partial charge on any atom is 0.339 e. The molecule has 2 aromatic rings. The Kier molecular flexibility index (Phi) is 5.00. The van der Waals surface area contributed by atoms with E-state index in [0.717, 1.165) is 16.7 Å². The quantitative estimate of drug-likeness (QED) is 0.773. The zero-order valence-electron chi connectivity index (χ0n) is 14.1. The highest BCUT2D eigenvalue weighted by Crippen LogP contribution is 2.28. The summed E-state index contributed by atoms with van der Waals surface area (Å²) in [6.45, 7) is 9.78. The average molecular weight is 334 g/mol. The summed E-state index contributed by atoms with van der Waals surface area (Å²) in [5.41, 5.74) is 3.27. The zero-order valence-corrected chi connectivity index (χ0v) is 15.0. The molecule has 0 heterocycles. The molecule has 2 rings (SSSR count). The summed E-state index contributed by atoms with van der Waals surface area (Å²) in [6.07, 6.45) is 0. The summed E-state index contributed by atoms with van der Waals surface area (Å²) in [7, 11) is -3.89. The van der Waals surface area contributed by atoms with Gasteiger partial charge in [-0.25, -0.2) is 0 Å². The molecule has 5 heteroatoms. The normalized spacial score (nSPS) is 11.3. The van der Waals surface area contributed by atoms with E-state index in [1.807, 2.05) is 33.8 Å². The molecule has 0 aliphatic heterocycles. The van der Waals surface area contributed by atoms with E-state index in [9.17, 15) is 8.42 Å². The molecule has 0 aromatic heterocycles. The molecule has 0 saturated heterocycles. The van der Waals surface area contributed by atoms with Crippen LogP contribution in [0.25, 0.3) is 0 Å². The average Bonchev–Trinajstić information content (AvgIpc) is 2.40. The molecule has 0 amide bonds. The van der Waals surface area contributed by atoms with Crippen LogP contribution >= 0.6 is 0 Å². The first-order valence-electron chi connectivity index (χ1n) is 7.49. The summed E-state index contributed by atoms with van der Waals surface area (Å²) < 4.78 is 36.0. The van der Waals surface area contributed by atoms with Gasteiger partial charge in [-0.15, -0.1) is 0 Å². The van der Waals surface area contributed by atoms with Crippen LogP contribution in [0.4, 0.5) is 0 Å². The molecule has 0 fully saturated rings. The molecule has 23 heavy (non-hydrogen) atoms. The van der Waals surface area contributed by atoms with Crippen molar-refractivity contribution in [3.8, 4) is 11.5 Å². The van der Waals surface area contributed by atoms with Crippen molar-refractivity contribution in [1.82, 2.24) is 0 Å². The zero-order chi connectivity index (χ0) is 17.2. The lowest BCUT2D eigenvalue weighted by Crippen LogP contribution is -2.12. The number of hydrogen-bond donors (Lipinski definition) is 0. The Balaban J connectivity index is 2.41. The number of rotatable bonds is 5. The van der Waals surface area contributed by atoms with Gasteiger partial charge in [-0.2, -0.15) is 8.42 Å². The molecular weight excluding hydrogens is 312 g/mol. The van der Waals surface area contributed by atoms with Crippen LogP contribution in [0.2, 0.25) is 0 Å². The van der Waals surface area contributed by atoms with Crippen LogP contribution in [0.15, 0.2) is 35.2 Å². The molecule has 0 aliphatic rings. The maximum atomic E-state index is 12.6. The minimum atomic E-state index is -3.89. The van der Waals surface area contributed by atoms with Gasteiger partial charge in [0.2, 0.25) is 0 Å². The topological polar surface area (TPSA) is 52.6 Å². The predicted molar refractivity (Wildman–Crippen MR) is 90.8 cm³/mol. The van der Waals surface area contributed by atoms with E-state index in [4.69, 9.17) is 8.92 Å². The minimum Gasteiger partial charge on any atom is -0.494 e. The summed E-state index contributed by atoms with van der Waals surface area (Å²) in [4.78, 5) is 0.164. The number of aryl methyl sites for hydroxylation is 4. The fraction of sp³-hybridized carbons (Fsp3) is 0.333. The van der Waals surface area contributed by atoms with Crippen LogP contribution in [0.1, 0.15) is 29.2 Å². The molecule has 0 unspecified atom stereocenters. The first-order chi connectivity index (χ1) is 10.7. The van der Waals surface area contributed by atoms with Gasteiger partial charge in [-0.05, 0) is 81.1 Å². The summed E-state index contributed by atoms with van der Waals surface area (Å²) in [5, 5.41) is 0. The Morgan fingerprint density at radius 3 is 2.04 bits per heavy atom. The maximum absolute atomic E-state index is 12.6. The molecule has 0 N–H and O–H groups in total. The van der Waals surface area contributed by atoms with Crippen molar-refractivity contribution in [2.75, 3.05) is 6.61 Å². The van der Waals surface area contributed by atoms with Crippen molar-refractivity contribution in [2.45, 2.75) is 39.5 Å². The molecule has 0 spiro atoms. The Bertz CT molecular complexity index is 803. The third kappa shape index (κ3) is 4.05. The summed E-state index contributed by atoms with van der Waals surface area (Å²) >= 11 is 0. The minimum absolute atomic E-state index is 0.164. The SMILES string of the molecule is CCOc1cc(C)c(S(=O)(=O)Oc2cc(C)cc(C)c2)cc1C. The lowest BCUT2D eigenvalue weighted by atomic mass is 10.1. The molecule has 0 aliphatic carbocycles. The molecule has 0 atom stereocenters. The summed E-state index contributed by atoms with van der Waals surface area (Å²) in [6, 6.07) is 8.71. The second kappa shape index (κ2) is 6.62. The van der Waals surface area contributed by atoms with Gasteiger partial charge in [-0.1, -0.05) is 6.07 Å². The lowest BCUT2D eigenvalue weighted by Gasteiger charge is -2.14. The molecular formula is C18H22O4S. The third-order valence-electron chi connectivity index (χ3n) is 3.44. The fourth-order valence-electron chi connectivity index (χ4n) is 2.50.